The Labute approximate surface area is 139 Å². The minimum absolute atomic E-state index is 0. The van der Waals surface area contributed by atoms with Gasteiger partial charge in [0.15, 0.2) is 0 Å². The molecule has 0 unspecified atom stereocenters. The van der Waals surface area contributed by atoms with Crippen molar-refractivity contribution < 1.29 is 13.2 Å². The molecule has 2 rings (SSSR count). The number of nitrogens with two attached hydrogens (primary N) is 1. The second kappa shape index (κ2) is 9.05. The van der Waals surface area contributed by atoms with Crippen molar-refractivity contribution >= 4 is 28.3 Å². The molecule has 0 aromatic rings. The van der Waals surface area contributed by atoms with Crippen LogP contribution < -0.4 is 5.73 Å². The molecule has 22 heavy (non-hydrogen) atoms. The first-order chi connectivity index (χ1) is 10.0. The molecule has 2 heterocycles. The molecule has 6 nitrogen and oxygen atoms in total. The summed E-state index contributed by atoms with van der Waals surface area (Å²) in [6, 6.07) is 0. The van der Waals surface area contributed by atoms with Crippen molar-refractivity contribution in [1.29, 1.82) is 0 Å². The highest BCUT2D eigenvalue weighted by Crippen LogP contribution is 2.18. The molecule has 0 aromatic heterocycles. The fourth-order valence-corrected chi connectivity index (χ4v) is 4.66. The average molecular weight is 354 g/mol. The molecule has 8 heteroatoms. The van der Waals surface area contributed by atoms with Crippen molar-refractivity contribution in [3.63, 3.8) is 0 Å². The Kier molecular flexibility index (Phi) is 8.10. The molecule has 1 amide bonds. The number of rotatable bonds is 6. The lowest BCUT2D eigenvalue weighted by Crippen LogP contribution is -2.40. The third kappa shape index (κ3) is 5.37. The summed E-state index contributed by atoms with van der Waals surface area (Å²) >= 11 is 0. The summed E-state index contributed by atoms with van der Waals surface area (Å²) in [7, 11) is -3.15. The molecule has 2 fully saturated rings. The standard InChI is InChI=1S/C14H27N3O3S.ClH/c15-12-13-5-9-16(10-6-13)14(18)4-3-11-21(19,20)17-7-1-2-8-17;/h13H,1-12,15H2;1H. The number of piperidine rings is 1. The molecule has 0 bridgehead atoms. The summed E-state index contributed by atoms with van der Waals surface area (Å²) in [6.07, 6.45) is 4.60. The van der Waals surface area contributed by atoms with Crippen LogP contribution in [0.1, 0.15) is 38.5 Å². The van der Waals surface area contributed by atoms with Crippen LogP contribution in [0.3, 0.4) is 0 Å². The van der Waals surface area contributed by atoms with Gasteiger partial charge in [0.25, 0.3) is 0 Å². The van der Waals surface area contributed by atoms with E-state index in [1.807, 2.05) is 4.90 Å². The minimum atomic E-state index is -3.15. The second-order valence-electron chi connectivity index (χ2n) is 6.09. The van der Waals surface area contributed by atoms with E-state index in [9.17, 15) is 13.2 Å². The van der Waals surface area contributed by atoms with Crippen molar-refractivity contribution in [2.75, 3.05) is 38.5 Å². The number of sulfonamides is 1. The largest absolute Gasteiger partial charge is 0.343 e. The summed E-state index contributed by atoms with van der Waals surface area (Å²) in [4.78, 5) is 13.9. The quantitative estimate of drug-likeness (QED) is 0.766. The molecule has 0 aliphatic carbocycles. The van der Waals surface area contributed by atoms with Gasteiger partial charge in [0, 0.05) is 32.6 Å². The molecule has 2 aliphatic heterocycles. The maximum absolute atomic E-state index is 12.1. The van der Waals surface area contributed by atoms with Gasteiger partial charge in [0.2, 0.25) is 15.9 Å². The summed E-state index contributed by atoms with van der Waals surface area (Å²) in [5, 5.41) is 0. The van der Waals surface area contributed by atoms with Crippen LogP contribution in [0.25, 0.3) is 0 Å². The molecule has 0 saturated carbocycles. The number of hydrogen-bond acceptors (Lipinski definition) is 4. The van der Waals surface area contributed by atoms with Crippen LogP contribution >= 0.6 is 12.4 Å². The number of amides is 1. The topological polar surface area (TPSA) is 83.7 Å². The molecule has 2 saturated heterocycles. The molecule has 2 N–H and O–H groups in total. The number of carbonyl (C=O) groups is 1. The van der Waals surface area contributed by atoms with Gasteiger partial charge in [0.1, 0.15) is 0 Å². The highest BCUT2D eigenvalue weighted by atomic mass is 35.5. The van der Waals surface area contributed by atoms with Gasteiger partial charge in [0.05, 0.1) is 5.75 Å². The van der Waals surface area contributed by atoms with Crippen molar-refractivity contribution in [1.82, 2.24) is 9.21 Å². The molecular formula is C14H28ClN3O3S. The first-order valence-electron chi connectivity index (χ1n) is 7.98. The van der Waals surface area contributed by atoms with E-state index in [0.29, 0.717) is 38.4 Å². The van der Waals surface area contributed by atoms with E-state index in [0.717, 1.165) is 38.8 Å². The maximum atomic E-state index is 12.1. The summed E-state index contributed by atoms with van der Waals surface area (Å²) < 4.78 is 25.7. The molecule has 0 aromatic carbocycles. The van der Waals surface area contributed by atoms with Gasteiger partial charge in [-0.05, 0) is 44.6 Å². The van der Waals surface area contributed by atoms with Crippen molar-refractivity contribution in [2.45, 2.75) is 38.5 Å². The SMILES string of the molecule is Cl.NCC1CCN(C(=O)CCCS(=O)(=O)N2CCCC2)CC1. The van der Waals surface area contributed by atoms with Gasteiger partial charge >= 0.3 is 0 Å². The third-order valence-electron chi connectivity index (χ3n) is 4.55. The van der Waals surface area contributed by atoms with Crippen LogP contribution in [0, 0.1) is 5.92 Å². The first-order valence-corrected chi connectivity index (χ1v) is 9.59. The molecule has 0 radical (unpaired) electrons. The van der Waals surface area contributed by atoms with Crippen LogP contribution in [-0.4, -0.2) is 62.0 Å². The van der Waals surface area contributed by atoms with Gasteiger partial charge in [-0.2, -0.15) is 0 Å². The van der Waals surface area contributed by atoms with E-state index in [1.165, 1.54) is 0 Å². The van der Waals surface area contributed by atoms with Gasteiger partial charge < -0.3 is 10.6 Å². The van der Waals surface area contributed by atoms with Gasteiger partial charge in [-0.15, -0.1) is 12.4 Å². The van der Waals surface area contributed by atoms with E-state index in [4.69, 9.17) is 5.73 Å². The lowest BCUT2D eigenvalue weighted by atomic mass is 9.97. The predicted molar refractivity (Wildman–Crippen MR) is 89.4 cm³/mol. The lowest BCUT2D eigenvalue weighted by Gasteiger charge is -2.31. The number of hydrogen-bond donors (Lipinski definition) is 1. The Morgan fingerprint density at radius 1 is 1.09 bits per heavy atom. The normalized spacial score (nSPS) is 20.9. The number of carbonyl (C=O) groups excluding carboxylic acids is 1. The van der Waals surface area contributed by atoms with Gasteiger partial charge in [-0.3, -0.25) is 4.79 Å². The first kappa shape index (κ1) is 19.7. The average Bonchev–Trinajstić information content (AvgIpc) is 3.02. The Morgan fingerprint density at radius 2 is 1.68 bits per heavy atom. The molecule has 0 atom stereocenters. The predicted octanol–water partition coefficient (Wildman–Crippen LogP) is 0.811. The highest BCUT2D eigenvalue weighted by molar-refractivity contribution is 7.89. The molecular weight excluding hydrogens is 326 g/mol. The second-order valence-corrected chi connectivity index (χ2v) is 8.17. The van der Waals surface area contributed by atoms with E-state index >= 15 is 0 Å². The zero-order valence-corrected chi connectivity index (χ0v) is 14.7. The Morgan fingerprint density at radius 3 is 2.23 bits per heavy atom. The molecule has 0 spiro atoms. The van der Waals surface area contributed by atoms with Crippen LogP contribution in [-0.2, 0) is 14.8 Å². The lowest BCUT2D eigenvalue weighted by molar-refractivity contribution is -0.132. The highest BCUT2D eigenvalue weighted by Gasteiger charge is 2.26. The third-order valence-corrected chi connectivity index (χ3v) is 6.51. The molecule has 2 aliphatic rings. The van der Waals surface area contributed by atoms with Crippen molar-refractivity contribution in [3.8, 4) is 0 Å². The fourth-order valence-electron chi connectivity index (χ4n) is 3.08. The van der Waals surface area contributed by atoms with Crippen LogP contribution in [0.4, 0.5) is 0 Å². The maximum Gasteiger partial charge on any atom is 0.222 e. The Balaban J connectivity index is 0.00000242. The summed E-state index contributed by atoms with van der Waals surface area (Å²) in [6.45, 7) is 3.50. The number of nitrogens with zero attached hydrogens (tertiary/aromatic N) is 2. The van der Waals surface area contributed by atoms with Crippen molar-refractivity contribution in [3.05, 3.63) is 0 Å². The number of likely N-dealkylation sites (tertiary alicyclic amines) is 1. The van der Waals surface area contributed by atoms with Crippen LogP contribution in [0.5, 0.6) is 0 Å². The monoisotopic (exact) mass is 353 g/mol. The van der Waals surface area contributed by atoms with E-state index in [2.05, 4.69) is 0 Å². The van der Waals surface area contributed by atoms with Crippen LogP contribution in [0.2, 0.25) is 0 Å². The van der Waals surface area contributed by atoms with Gasteiger partial charge in [-0.1, -0.05) is 0 Å². The zero-order chi connectivity index (χ0) is 15.3. The summed E-state index contributed by atoms with van der Waals surface area (Å²) in [5.74, 6) is 0.713. The van der Waals surface area contributed by atoms with Gasteiger partial charge in [-0.25, -0.2) is 12.7 Å². The van der Waals surface area contributed by atoms with Crippen molar-refractivity contribution in [2.24, 2.45) is 11.7 Å². The van der Waals surface area contributed by atoms with E-state index in [1.54, 1.807) is 4.31 Å². The van der Waals surface area contributed by atoms with E-state index in [-0.39, 0.29) is 24.1 Å². The van der Waals surface area contributed by atoms with E-state index < -0.39 is 10.0 Å². The smallest absolute Gasteiger partial charge is 0.222 e. The Bertz CT molecular complexity index is 444. The minimum Gasteiger partial charge on any atom is -0.343 e. The molecule has 130 valence electrons. The number of halogens is 1. The zero-order valence-electron chi connectivity index (χ0n) is 13.1. The Hall–Kier alpha value is -0.370. The van der Waals surface area contributed by atoms with Crippen LogP contribution in [0.15, 0.2) is 0 Å². The fraction of sp³-hybridized carbons (Fsp3) is 0.929. The summed E-state index contributed by atoms with van der Waals surface area (Å²) in [5.41, 5.74) is 5.64.